The first kappa shape index (κ1) is 21.5. The molecular formula is C22H26N2O6S. The number of amides is 1. The first-order valence-electron chi connectivity index (χ1n) is 10.4. The number of hydrogen-bond acceptors (Lipinski definition) is 6. The Hall–Kier alpha value is -2.78. The third-order valence-corrected chi connectivity index (χ3v) is 7.33. The summed E-state index contributed by atoms with van der Waals surface area (Å²) in [5, 5.41) is 2.74. The number of nitrogens with one attached hydrogen (secondary N) is 1. The summed E-state index contributed by atoms with van der Waals surface area (Å²) in [7, 11) is -2.20. The number of anilines is 1. The summed E-state index contributed by atoms with van der Waals surface area (Å²) in [5.41, 5.74) is 0.269. The van der Waals surface area contributed by atoms with Gasteiger partial charge in [-0.25, -0.2) is 8.42 Å². The molecule has 0 aliphatic carbocycles. The highest BCUT2D eigenvalue weighted by atomic mass is 32.2. The second-order valence-corrected chi connectivity index (χ2v) is 9.47. The zero-order valence-electron chi connectivity index (χ0n) is 17.4. The average Bonchev–Trinajstić information content (AvgIpc) is 3.09. The van der Waals surface area contributed by atoms with Crippen molar-refractivity contribution < 1.29 is 27.4 Å². The van der Waals surface area contributed by atoms with Gasteiger partial charge in [-0.3, -0.25) is 4.79 Å². The lowest BCUT2D eigenvalue weighted by Gasteiger charge is -2.26. The second-order valence-electron chi connectivity index (χ2n) is 7.53. The summed E-state index contributed by atoms with van der Waals surface area (Å²) in [6, 6.07) is 11.6. The highest BCUT2D eigenvalue weighted by Crippen LogP contribution is 2.33. The van der Waals surface area contributed by atoms with E-state index in [4.69, 9.17) is 14.2 Å². The van der Waals surface area contributed by atoms with E-state index in [1.54, 1.807) is 24.3 Å². The molecule has 2 aliphatic rings. The number of fused-ring (bicyclic) bond motifs is 1. The fraction of sp³-hybridized carbons (Fsp3) is 0.409. The molecule has 2 aromatic carbocycles. The van der Waals surface area contributed by atoms with Crippen LogP contribution in [0.2, 0.25) is 0 Å². The van der Waals surface area contributed by atoms with Crippen LogP contribution in [0, 0.1) is 0 Å². The van der Waals surface area contributed by atoms with Crippen molar-refractivity contribution in [3.05, 3.63) is 42.5 Å². The van der Waals surface area contributed by atoms with Crippen LogP contribution in [0.5, 0.6) is 17.2 Å². The largest absolute Gasteiger partial charge is 0.495 e. The van der Waals surface area contributed by atoms with Crippen molar-refractivity contribution in [2.24, 2.45) is 0 Å². The summed E-state index contributed by atoms with van der Waals surface area (Å²) < 4.78 is 44.5. The first-order chi connectivity index (χ1) is 15.0. The Morgan fingerprint density at radius 3 is 2.48 bits per heavy atom. The number of benzene rings is 2. The lowest BCUT2D eigenvalue weighted by atomic mass is 10.2. The minimum atomic E-state index is -3.66. The number of ether oxygens (including phenoxy) is 3. The number of para-hydroxylation sites is 2. The van der Waals surface area contributed by atoms with Gasteiger partial charge in [-0.1, -0.05) is 25.0 Å². The summed E-state index contributed by atoms with van der Waals surface area (Å²) in [4.78, 5) is 12.9. The van der Waals surface area contributed by atoms with Gasteiger partial charge in [0.05, 0.1) is 17.7 Å². The highest BCUT2D eigenvalue weighted by Gasteiger charge is 2.30. The molecule has 1 saturated heterocycles. The molecular weight excluding hydrogens is 420 g/mol. The van der Waals surface area contributed by atoms with Gasteiger partial charge in [-0.05, 0) is 43.2 Å². The minimum absolute atomic E-state index is 0.0525. The number of sulfonamides is 1. The minimum Gasteiger partial charge on any atom is -0.495 e. The van der Waals surface area contributed by atoms with E-state index in [9.17, 15) is 13.2 Å². The van der Waals surface area contributed by atoms with Crippen LogP contribution in [0.15, 0.2) is 47.4 Å². The van der Waals surface area contributed by atoms with Crippen molar-refractivity contribution in [1.29, 1.82) is 0 Å². The molecule has 8 nitrogen and oxygen atoms in total. The number of rotatable bonds is 5. The SMILES string of the molecule is COc1ccc(S(=O)(=O)N2CCCCCC2)cc1NC(=O)[C@H]1COc2ccccc2O1. The molecule has 0 saturated carbocycles. The number of nitrogens with zero attached hydrogens (tertiary/aromatic N) is 1. The zero-order valence-corrected chi connectivity index (χ0v) is 18.2. The first-order valence-corrected chi connectivity index (χ1v) is 11.8. The van der Waals surface area contributed by atoms with Crippen LogP contribution in [-0.4, -0.2) is 51.5 Å². The molecule has 1 fully saturated rings. The average molecular weight is 447 g/mol. The maximum Gasteiger partial charge on any atom is 0.269 e. The molecule has 166 valence electrons. The van der Waals surface area contributed by atoms with Gasteiger partial charge in [-0.15, -0.1) is 0 Å². The van der Waals surface area contributed by atoms with E-state index < -0.39 is 22.0 Å². The van der Waals surface area contributed by atoms with E-state index in [2.05, 4.69) is 5.32 Å². The van der Waals surface area contributed by atoms with Crippen LogP contribution >= 0.6 is 0 Å². The molecule has 1 N–H and O–H groups in total. The molecule has 0 radical (unpaired) electrons. The summed E-state index contributed by atoms with van der Waals surface area (Å²) >= 11 is 0. The van der Waals surface area contributed by atoms with Crippen molar-refractivity contribution in [2.45, 2.75) is 36.7 Å². The van der Waals surface area contributed by atoms with Gasteiger partial charge in [0, 0.05) is 13.1 Å². The molecule has 1 amide bonds. The van der Waals surface area contributed by atoms with E-state index in [1.807, 2.05) is 6.07 Å². The van der Waals surface area contributed by atoms with Crippen molar-refractivity contribution in [3.8, 4) is 17.2 Å². The summed E-state index contributed by atoms with van der Waals surface area (Å²) in [6.45, 7) is 1.06. The molecule has 2 heterocycles. The summed E-state index contributed by atoms with van der Waals surface area (Å²) in [5.74, 6) is 0.977. The number of hydrogen-bond donors (Lipinski definition) is 1. The standard InChI is InChI=1S/C22H26N2O6S/c1-28-18-11-10-16(31(26,27)24-12-6-2-3-7-13-24)14-17(18)23-22(25)21-15-29-19-8-4-5-9-20(19)30-21/h4-5,8-11,14,21H,2-3,6-7,12-13,15H2,1H3,(H,23,25)/t21-/m1/s1. The Morgan fingerprint density at radius 1 is 1.06 bits per heavy atom. The lowest BCUT2D eigenvalue weighted by Crippen LogP contribution is -2.40. The van der Waals surface area contributed by atoms with Crippen LogP contribution in [0.4, 0.5) is 5.69 Å². The molecule has 1 atom stereocenters. The third-order valence-electron chi connectivity index (χ3n) is 5.43. The van der Waals surface area contributed by atoms with Crippen LogP contribution in [0.25, 0.3) is 0 Å². The molecule has 0 unspecified atom stereocenters. The number of carbonyl (C=O) groups is 1. The summed E-state index contributed by atoms with van der Waals surface area (Å²) in [6.07, 6.45) is 2.88. The molecule has 2 aliphatic heterocycles. The Labute approximate surface area is 182 Å². The van der Waals surface area contributed by atoms with Crippen LogP contribution in [0.1, 0.15) is 25.7 Å². The molecule has 2 aromatic rings. The molecule has 9 heteroatoms. The smallest absolute Gasteiger partial charge is 0.269 e. The number of methoxy groups -OCH3 is 1. The quantitative estimate of drug-likeness (QED) is 0.759. The van der Waals surface area contributed by atoms with Crippen molar-refractivity contribution >= 4 is 21.6 Å². The number of carbonyl (C=O) groups excluding carboxylic acids is 1. The molecule has 4 rings (SSSR count). The van der Waals surface area contributed by atoms with Gasteiger partial charge in [0.2, 0.25) is 16.1 Å². The van der Waals surface area contributed by atoms with E-state index >= 15 is 0 Å². The zero-order chi connectivity index (χ0) is 21.8. The lowest BCUT2D eigenvalue weighted by molar-refractivity contribution is -0.125. The van der Waals surface area contributed by atoms with Gasteiger partial charge in [0.15, 0.2) is 11.5 Å². The highest BCUT2D eigenvalue weighted by molar-refractivity contribution is 7.89. The Kier molecular flexibility index (Phi) is 6.33. The van der Waals surface area contributed by atoms with Gasteiger partial charge >= 0.3 is 0 Å². The topological polar surface area (TPSA) is 94.2 Å². The predicted molar refractivity (Wildman–Crippen MR) is 115 cm³/mol. The van der Waals surface area contributed by atoms with Gasteiger partial charge in [0.25, 0.3) is 5.91 Å². The molecule has 0 spiro atoms. The van der Waals surface area contributed by atoms with Crippen LogP contribution in [-0.2, 0) is 14.8 Å². The maximum atomic E-state index is 13.1. The fourth-order valence-corrected chi connectivity index (χ4v) is 5.28. The predicted octanol–water partition coefficient (Wildman–Crippen LogP) is 3.04. The molecule has 0 aromatic heterocycles. The van der Waals surface area contributed by atoms with E-state index in [-0.39, 0.29) is 17.2 Å². The Balaban J connectivity index is 1.55. The maximum absolute atomic E-state index is 13.1. The van der Waals surface area contributed by atoms with E-state index in [1.165, 1.54) is 23.5 Å². The van der Waals surface area contributed by atoms with Gasteiger partial charge < -0.3 is 19.5 Å². The van der Waals surface area contributed by atoms with Crippen molar-refractivity contribution in [3.63, 3.8) is 0 Å². The van der Waals surface area contributed by atoms with Crippen LogP contribution in [0.3, 0.4) is 0 Å². The molecule has 0 bridgehead atoms. The fourth-order valence-electron chi connectivity index (χ4n) is 3.74. The van der Waals surface area contributed by atoms with Gasteiger partial charge in [-0.2, -0.15) is 4.31 Å². The molecule has 31 heavy (non-hydrogen) atoms. The van der Waals surface area contributed by atoms with E-state index in [0.29, 0.717) is 30.3 Å². The Morgan fingerprint density at radius 2 is 1.77 bits per heavy atom. The van der Waals surface area contributed by atoms with Crippen molar-refractivity contribution in [1.82, 2.24) is 4.31 Å². The van der Waals surface area contributed by atoms with E-state index in [0.717, 1.165) is 25.7 Å². The van der Waals surface area contributed by atoms with Crippen molar-refractivity contribution in [2.75, 3.05) is 32.1 Å². The monoisotopic (exact) mass is 446 g/mol. The second kappa shape index (κ2) is 9.15. The van der Waals surface area contributed by atoms with Crippen LogP contribution < -0.4 is 19.5 Å². The normalized spacial score (nSPS) is 19.3. The third kappa shape index (κ3) is 4.62. The Bertz CT molecular complexity index is 1050. The van der Waals surface area contributed by atoms with Gasteiger partial charge in [0.1, 0.15) is 12.4 Å².